The third-order valence-electron chi connectivity index (χ3n) is 3.77. The number of rotatable bonds is 2. The topological polar surface area (TPSA) is 0 Å². The first kappa shape index (κ1) is 16.0. The summed E-state index contributed by atoms with van der Waals surface area (Å²) in [6.45, 7) is 8.36. The highest BCUT2D eigenvalue weighted by Gasteiger charge is 2.06. The highest BCUT2D eigenvalue weighted by molar-refractivity contribution is 5.75. The molecule has 0 N–H and O–H groups in total. The third-order valence-corrected chi connectivity index (χ3v) is 3.77. The van der Waals surface area contributed by atoms with Crippen LogP contribution in [0.4, 0.5) is 0 Å². The van der Waals surface area contributed by atoms with E-state index in [1.165, 1.54) is 33.4 Å². The van der Waals surface area contributed by atoms with Crippen molar-refractivity contribution in [3.8, 4) is 22.3 Å². The Kier molecular flexibility index (Phi) is 5.55. The second-order valence-electron chi connectivity index (χ2n) is 5.21. The quantitative estimate of drug-likeness (QED) is 0.494. The van der Waals surface area contributed by atoms with E-state index in [1.54, 1.807) is 0 Å². The molecule has 112 valence electrons. The van der Waals surface area contributed by atoms with E-state index in [2.05, 4.69) is 86.6 Å². The van der Waals surface area contributed by atoms with Crippen LogP contribution >= 0.6 is 0 Å². The molecule has 0 unspecified atom stereocenters. The second kappa shape index (κ2) is 7.61. The fourth-order valence-electron chi connectivity index (χ4n) is 2.65. The summed E-state index contributed by atoms with van der Waals surface area (Å²) in [7, 11) is 0. The summed E-state index contributed by atoms with van der Waals surface area (Å²) in [5, 5.41) is 0. The predicted molar refractivity (Wildman–Crippen MR) is 98.1 cm³/mol. The van der Waals surface area contributed by atoms with Crippen molar-refractivity contribution in [1.82, 2.24) is 0 Å². The minimum Gasteiger partial charge on any atom is -0.0683 e. The predicted octanol–water partition coefficient (Wildman–Crippen LogP) is 6.66. The van der Waals surface area contributed by atoms with Crippen LogP contribution in [-0.4, -0.2) is 0 Å². The average Bonchev–Trinajstić information content (AvgIpc) is 2.58. The van der Waals surface area contributed by atoms with Gasteiger partial charge in [0.1, 0.15) is 0 Å². The van der Waals surface area contributed by atoms with Crippen LogP contribution in [0.1, 0.15) is 25.0 Å². The zero-order valence-electron chi connectivity index (χ0n) is 13.9. The highest BCUT2D eigenvalue weighted by atomic mass is 14.1. The Balaban J connectivity index is 0.000000847. The molecule has 0 aliphatic rings. The zero-order chi connectivity index (χ0) is 15.9. The molecule has 0 bridgehead atoms. The SMILES string of the molecule is CC.Cc1ccccc1-c1ccc(-c2ccccc2)cc1C. The summed E-state index contributed by atoms with van der Waals surface area (Å²) in [5.74, 6) is 0. The van der Waals surface area contributed by atoms with Gasteiger partial charge in [0.2, 0.25) is 0 Å². The Morgan fingerprint density at radius 1 is 0.500 bits per heavy atom. The van der Waals surface area contributed by atoms with Crippen molar-refractivity contribution in [3.63, 3.8) is 0 Å². The number of aryl methyl sites for hydroxylation is 2. The van der Waals surface area contributed by atoms with E-state index in [9.17, 15) is 0 Å². The van der Waals surface area contributed by atoms with E-state index < -0.39 is 0 Å². The van der Waals surface area contributed by atoms with Crippen molar-refractivity contribution in [3.05, 3.63) is 83.9 Å². The van der Waals surface area contributed by atoms with Crippen molar-refractivity contribution < 1.29 is 0 Å². The Hall–Kier alpha value is -2.34. The van der Waals surface area contributed by atoms with Gasteiger partial charge in [-0.2, -0.15) is 0 Å². The maximum Gasteiger partial charge on any atom is -0.0152 e. The molecule has 0 aliphatic carbocycles. The maximum atomic E-state index is 2.27. The molecule has 3 aromatic rings. The fraction of sp³-hybridized carbons (Fsp3) is 0.182. The van der Waals surface area contributed by atoms with Gasteiger partial charge in [0.15, 0.2) is 0 Å². The van der Waals surface area contributed by atoms with Crippen LogP contribution in [0.5, 0.6) is 0 Å². The first-order valence-corrected chi connectivity index (χ1v) is 7.98. The van der Waals surface area contributed by atoms with E-state index in [4.69, 9.17) is 0 Å². The van der Waals surface area contributed by atoms with E-state index in [0.29, 0.717) is 0 Å². The molecule has 22 heavy (non-hydrogen) atoms. The first-order valence-electron chi connectivity index (χ1n) is 7.98. The smallest absolute Gasteiger partial charge is 0.0152 e. The van der Waals surface area contributed by atoms with Crippen molar-refractivity contribution >= 4 is 0 Å². The van der Waals surface area contributed by atoms with Gasteiger partial charge in [-0.3, -0.25) is 0 Å². The molecule has 3 aromatic carbocycles. The molecule has 0 heterocycles. The summed E-state index contributed by atoms with van der Waals surface area (Å²) in [6, 6.07) is 25.8. The summed E-state index contributed by atoms with van der Waals surface area (Å²) in [4.78, 5) is 0. The van der Waals surface area contributed by atoms with Crippen LogP contribution in [0.25, 0.3) is 22.3 Å². The molecule has 0 amide bonds. The fourth-order valence-corrected chi connectivity index (χ4v) is 2.65. The lowest BCUT2D eigenvalue weighted by molar-refractivity contribution is 1.41. The summed E-state index contributed by atoms with van der Waals surface area (Å²) in [6.07, 6.45) is 0. The molecule has 0 spiro atoms. The van der Waals surface area contributed by atoms with Crippen LogP contribution in [0.2, 0.25) is 0 Å². The van der Waals surface area contributed by atoms with E-state index in [-0.39, 0.29) is 0 Å². The van der Waals surface area contributed by atoms with Crippen molar-refractivity contribution in [1.29, 1.82) is 0 Å². The lowest BCUT2D eigenvalue weighted by Crippen LogP contribution is -1.88. The van der Waals surface area contributed by atoms with Crippen molar-refractivity contribution in [2.75, 3.05) is 0 Å². The molecule has 0 aromatic heterocycles. The van der Waals surface area contributed by atoms with Crippen LogP contribution in [0.3, 0.4) is 0 Å². The van der Waals surface area contributed by atoms with E-state index in [0.717, 1.165) is 0 Å². The van der Waals surface area contributed by atoms with Crippen molar-refractivity contribution in [2.24, 2.45) is 0 Å². The minimum absolute atomic E-state index is 1.27. The zero-order valence-corrected chi connectivity index (χ0v) is 13.9. The van der Waals surface area contributed by atoms with Gasteiger partial charge in [-0.25, -0.2) is 0 Å². The Morgan fingerprint density at radius 3 is 1.73 bits per heavy atom. The van der Waals surface area contributed by atoms with Gasteiger partial charge in [0, 0.05) is 0 Å². The minimum atomic E-state index is 1.27. The lowest BCUT2D eigenvalue weighted by Gasteiger charge is -2.11. The Bertz CT molecular complexity index is 724. The molecule has 0 aliphatic heterocycles. The number of hydrogen-bond donors (Lipinski definition) is 0. The lowest BCUT2D eigenvalue weighted by atomic mass is 9.93. The Labute approximate surface area is 134 Å². The Morgan fingerprint density at radius 2 is 1.09 bits per heavy atom. The summed E-state index contributed by atoms with van der Waals surface area (Å²) in [5.41, 5.74) is 7.84. The molecule has 0 atom stereocenters. The van der Waals surface area contributed by atoms with Gasteiger partial charge >= 0.3 is 0 Å². The molecule has 0 fully saturated rings. The van der Waals surface area contributed by atoms with Gasteiger partial charge in [0.25, 0.3) is 0 Å². The molecule has 0 radical (unpaired) electrons. The van der Waals surface area contributed by atoms with Gasteiger partial charge < -0.3 is 0 Å². The van der Waals surface area contributed by atoms with Crippen LogP contribution in [0, 0.1) is 13.8 Å². The standard InChI is InChI=1S/C20H18.C2H6/c1-15-8-6-7-11-19(15)20-13-12-18(14-16(20)2)17-9-4-3-5-10-17;1-2/h3-14H,1-2H3;1-2H3. The number of hydrogen-bond acceptors (Lipinski definition) is 0. The number of benzene rings is 3. The van der Waals surface area contributed by atoms with Crippen LogP contribution in [-0.2, 0) is 0 Å². The average molecular weight is 288 g/mol. The molecular weight excluding hydrogens is 264 g/mol. The summed E-state index contributed by atoms with van der Waals surface area (Å²) >= 11 is 0. The van der Waals surface area contributed by atoms with E-state index >= 15 is 0 Å². The maximum absolute atomic E-state index is 2.27. The molecule has 0 saturated heterocycles. The van der Waals surface area contributed by atoms with Gasteiger partial charge in [-0.05, 0) is 47.2 Å². The highest BCUT2D eigenvalue weighted by Crippen LogP contribution is 2.30. The van der Waals surface area contributed by atoms with Crippen LogP contribution in [0.15, 0.2) is 72.8 Å². The van der Waals surface area contributed by atoms with Gasteiger partial charge in [-0.15, -0.1) is 0 Å². The molecule has 0 heteroatoms. The molecule has 0 nitrogen and oxygen atoms in total. The third kappa shape index (κ3) is 3.46. The first-order chi connectivity index (χ1) is 10.8. The molecule has 3 rings (SSSR count). The van der Waals surface area contributed by atoms with Gasteiger partial charge in [0.05, 0.1) is 0 Å². The normalized spacial score (nSPS) is 9.82. The largest absolute Gasteiger partial charge is 0.0683 e. The second-order valence-corrected chi connectivity index (χ2v) is 5.21. The molecular formula is C22H24. The monoisotopic (exact) mass is 288 g/mol. The van der Waals surface area contributed by atoms with Crippen LogP contribution < -0.4 is 0 Å². The van der Waals surface area contributed by atoms with Gasteiger partial charge in [-0.1, -0.05) is 86.6 Å². The summed E-state index contributed by atoms with van der Waals surface area (Å²) < 4.78 is 0. The van der Waals surface area contributed by atoms with Crippen molar-refractivity contribution in [2.45, 2.75) is 27.7 Å². The van der Waals surface area contributed by atoms with E-state index in [1.807, 2.05) is 13.8 Å². The molecule has 0 saturated carbocycles.